The van der Waals surface area contributed by atoms with Crippen molar-refractivity contribution in [1.29, 1.82) is 0 Å². The third-order valence-electron chi connectivity index (χ3n) is 2.98. The molecule has 2 aromatic rings. The Hall–Kier alpha value is -2.47. The average molecular weight is 359 g/mol. The molecule has 7 heteroatoms. The first-order valence-electron chi connectivity index (χ1n) is 6.29. The molecule has 0 aromatic heterocycles. The first kappa shape index (κ1) is 21.5. The SMILES string of the molecule is C.Cc1cc(F)c(C=O)c(Cl)c1O.Cc1cc(F)c(C=O)cc1O. The number of phenolic OH excluding ortho intramolecular Hbond substituents is 2. The number of aromatic hydroxyl groups is 2. The van der Waals surface area contributed by atoms with E-state index in [4.69, 9.17) is 16.7 Å². The predicted octanol–water partition coefficient (Wildman–Crippen LogP) is 4.59. The van der Waals surface area contributed by atoms with Crippen LogP contribution in [0, 0.1) is 25.5 Å². The number of rotatable bonds is 2. The van der Waals surface area contributed by atoms with E-state index < -0.39 is 11.6 Å². The molecule has 2 rings (SSSR count). The summed E-state index contributed by atoms with van der Waals surface area (Å²) >= 11 is 5.48. The van der Waals surface area contributed by atoms with E-state index in [1.165, 1.54) is 6.92 Å². The van der Waals surface area contributed by atoms with Crippen molar-refractivity contribution >= 4 is 24.2 Å². The van der Waals surface area contributed by atoms with Gasteiger partial charge in [0.2, 0.25) is 0 Å². The molecule has 0 fully saturated rings. The molecule has 0 heterocycles. The minimum absolute atomic E-state index is 0. The number of carbonyl (C=O) groups is 2. The second-order valence-corrected chi connectivity index (χ2v) is 5.03. The molecule has 0 saturated carbocycles. The van der Waals surface area contributed by atoms with Crippen LogP contribution < -0.4 is 0 Å². The molecule has 0 amide bonds. The maximum Gasteiger partial charge on any atom is 0.154 e. The van der Waals surface area contributed by atoms with Crippen LogP contribution in [0.15, 0.2) is 18.2 Å². The van der Waals surface area contributed by atoms with Crippen LogP contribution in [0.4, 0.5) is 8.78 Å². The summed E-state index contributed by atoms with van der Waals surface area (Å²) < 4.78 is 25.6. The number of phenols is 2. The van der Waals surface area contributed by atoms with E-state index in [0.717, 1.165) is 18.2 Å². The monoisotopic (exact) mass is 358 g/mol. The molecule has 0 saturated heterocycles. The molecule has 0 radical (unpaired) electrons. The number of aldehydes is 2. The average Bonchev–Trinajstić information content (AvgIpc) is 2.50. The van der Waals surface area contributed by atoms with Gasteiger partial charge in [-0.2, -0.15) is 0 Å². The van der Waals surface area contributed by atoms with Gasteiger partial charge < -0.3 is 10.2 Å². The van der Waals surface area contributed by atoms with Gasteiger partial charge in [0.05, 0.1) is 16.1 Å². The number of hydrogen-bond donors (Lipinski definition) is 2. The highest BCUT2D eigenvalue weighted by molar-refractivity contribution is 6.34. The maximum atomic E-state index is 12.9. The van der Waals surface area contributed by atoms with Gasteiger partial charge in [-0.1, -0.05) is 19.0 Å². The Balaban J connectivity index is 0.000000425. The molecule has 0 bridgehead atoms. The first-order valence-corrected chi connectivity index (χ1v) is 6.67. The standard InChI is InChI=1S/C8H6ClFO2.C8H7FO2.CH4/c1-4-2-6(10)5(3-11)7(9)8(4)12;1-5-2-7(9)6(4-10)3-8(5)11;/h2-3,12H,1H3;2-4,11H,1H3;1H4. The van der Waals surface area contributed by atoms with Crippen LogP contribution >= 0.6 is 11.6 Å². The molecule has 4 nitrogen and oxygen atoms in total. The van der Waals surface area contributed by atoms with Gasteiger partial charge in [-0.15, -0.1) is 0 Å². The van der Waals surface area contributed by atoms with Crippen LogP contribution in [0.2, 0.25) is 5.02 Å². The van der Waals surface area contributed by atoms with Crippen molar-refractivity contribution in [3.05, 3.63) is 57.1 Å². The lowest BCUT2D eigenvalue weighted by Gasteiger charge is -2.04. The van der Waals surface area contributed by atoms with Crippen molar-refractivity contribution in [3.63, 3.8) is 0 Å². The van der Waals surface area contributed by atoms with Crippen molar-refractivity contribution in [2.75, 3.05) is 0 Å². The number of aryl methyl sites for hydroxylation is 2. The molecular weight excluding hydrogens is 342 g/mol. The lowest BCUT2D eigenvalue weighted by molar-refractivity contribution is 0.111. The van der Waals surface area contributed by atoms with Gasteiger partial charge in [-0.25, -0.2) is 8.78 Å². The molecule has 2 aromatic carbocycles. The largest absolute Gasteiger partial charge is 0.508 e. The molecule has 130 valence electrons. The highest BCUT2D eigenvalue weighted by atomic mass is 35.5. The van der Waals surface area contributed by atoms with Gasteiger partial charge in [-0.05, 0) is 43.2 Å². The Morgan fingerprint density at radius 1 is 0.958 bits per heavy atom. The smallest absolute Gasteiger partial charge is 0.154 e. The first-order chi connectivity index (χ1) is 10.7. The summed E-state index contributed by atoms with van der Waals surface area (Å²) in [6.07, 6.45) is 0.644. The second-order valence-electron chi connectivity index (χ2n) is 4.65. The Morgan fingerprint density at radius 3 is 2.00 bits per heavy atom. The van der Waals surface area contributed by atoms with E-state index in [1.807, 2.05) is 0 Å². The van der Waals surface area contributed by atoms with Crippen LogP contribution in [-0.2, 0) is 0 Å². The third kappa shape index (κ3) is 4.76. The van der Waals surface area contributed by atoms with E-state index in [0.29, 0.717) is 17.4 Å². The Labute approximate surface area is 143 Å². The quantitative estimate of drug-likeness (QED) is 0.770. The van der Waals surface area contributed by atoms with E-state index in [2.05, 4.69) is 0 Å². The zero-order valence-corrected chi connectivity index (χ0v) is 13.0. The van der Waals surface area contributed by atoms with Gasteiger partial charge in [0.1, 0.15) is 23.1 Å². The molecule has 0 unspecified atom stereocenters. The van der Waals surface area contributed by atoms with Crippen LogP contribution in [0.5, 0.6) is 11.5 Å². The highest BCUT2D eigenvalue weighted by Gasteiger charge is 2.13. The van der Waals surface area contributed by atoms with E-state index in [1.54, 1.807) is 6.92 Å². The summed E-state index contributed by atoms with van der Waals surface area (Å²) in [5.41, 5.74) is 0.309. The maximum absolute atomic E-state index is 12.9. The Morgan fingerprint density at radius 2 is 1.50 bits per heavy atom. The van der Waals surface area contributed by atoms with Crippen LogP contribution in [-0.4, -0.2) is 22.8 Å². The minimum Gasteiger partial charge on any atom is -0.508 e. The lowest BCUT2D eigenvalue weighted by atomic mass is 10.1. The predicted molar refractivity (Wildman–Crippen MR) is 88.1 cm³/mol. The summed E-state index contributed by atoms with van der Waals surface area (Å²) in [6, 6.07) is 3.29. The second kappa shape index (κ2) is 8.98. The summed E-state index contributed by atoms with van der Waals surface area (Å²) in [7, 11) is 0. The summed E-state index contributed by atoms with van der Waals surface area (Å²) in [6.45, 7) is 3.06. The van der Waals surface area contributed by atoms with Crippen molar-refractivity contribution in [3.8, 4) is 11.5 Å². The zero-order valence-electron chi connectivity index (χ0n) is 12.2. The summed E-state index contributed by atoms with van der Waals surface area (Å²) in [5.74, 6) is -1.63. The molecule has 24 heavy (non-hydrogen) atoms. The molecular formula is C17H17ClF2O4. The Kier molecular flexibility index (Phi) is 8.06. The fraction of sp³-hybridized carbons (Fsp3) is 0.176. The highest BCUT2D eigenvalue weighted by Crippen LogP contribution is 2.31. The zero-order chi connectivity index (χ0) is 17.7. The lowest BCUT2D eigenvalue weighted by Crippen LogP contribution is -1.91. The van der Waals surface area contributed by atoms with E-state index in [-0.39, 0.29) is 41.4 Å². The van der Waals surface area contributed by atoms with Crippen molar-refractivity contribution in [2.45, 2.75) is 21.3 Å². The van der Waals surface area contributed by atoms with Crippen LogP contribution in [0.1, 0.15) is 39.3 Å². The number of carbonyl (C=O) groups excluding carboxylic acids is 2. The van der Waals surface area contributed by atoms with E-state index >= 15 is 0 Å². The molecule has 2 N–H and O–H groups in total. The Bertz CT molecular complexity index is 761. The number of halogens is 3. The van der Waals surface area contributed by atoms with Gasteiger partial charge in [0.25, 0.3) is 0 Å². The van der Waals surface area contributed by atoms with Crippen LogP contribution in [0.3, 0.4) is 0 Å². The minimum atomic E-state index is -0.717. The van der Waals surface area contributed by atoms with Crippen molar-refractivity contribution in [2.24, 2.45) is 0 Å². The number of benzene rings is 2. The molecule has 0 aliphatic heterocycles. The van der Waals surface area contributed by atoms with Gasteiger partial charge in [-0.3, -0.25) is 9.59 Å². The number of hydrogen-bond acceptors (Lipinski definition) is 4. The normalized spacial score (nSPS) is 9.38. The van der Waals surface area contributed by atoms with Gasteiger partial charge in [0, 0.05) is 0 Å². The molecule has 0 atom stereocenters. The third-order valence-corrected chi connectivity index (χ3v) is 3.36. The summed E-state index contributed by atoms with van der Waals surface area (Å²) in [5, 5.41) is 18.0. The van der Waals surface area contributed by atoms with E-state index in [9.17, 15) is 23.5 Å². The fourth-order valence-electron chi connectivity index (χ4n) is 1.62. The van der Waals surface area contributed by atoms with Gasteiger partial charge >= 0.3 is 0 Å². The van der Waals surface area contributed by atoms with Crippen molar-refractivity contribution < 1.29 is 28.6 Å². The van der Waals surface area contributed by atoms with Gasteiger partial charge in [0.15, 0.2) is 12.6 Å². The fourth-order valence-corrected chi connectivity index (χ4v) is 1.90. The molecule has 0 spiro atoms. The van der Waals surface area contributed by atoms with Crippen molar-refractivity contribution in [1.82, 2.24) is 0 Å². The molecule has 0 aliphatic rings. The topological polar surface area (TPSA) is 74.6 Å². The summed E-state index contributed by atoms with van der Waals surface area (Å²) in [4.78, 5) is 20.4. The van der Waals surface area contributed by atoms with Crippen LogP contribution in [0.25, 0.3) is 0 Å². The molecule has 0 aliphatic carbocycles.